The van der Waals surface area contributed by atoms with E-state index in [9.17, 15) is 15.2 Å². The van der Waals surface area contributed by atoms with Crippen LogP contribution in [0.2, 0.25) is 5.02 Å². The fourth-order valence-electron chi connectivity index (χ4n) is 6.41. The number of pyridine rings is 1. The minimum absolute atomic E-state index is 0.148. The van der Waals surface area contributed by atoms with Gasteiger partial charge in [0.05, 0.1) is 17.2 Å². The number of carbonyl (C=O) groups is 1. The highest BCUT2D eigenvalue weighted by Crippen LogP contribution is 2.36. The molecule has 51 heavy (non-hydrogen) atoms. The molecule has 0 aliphatic carbocycles. The van der Waals surface area contributed by atoms with Crippen LogP contribution in [0.15, 0.2) is 67.0 Å². The van der Waals surface area contributed by atoms with E-state index in [1.54, 1.807) is 24.4 Å². The van der Waals surface area contributed by atoms with Crippen LogP contribution in [0.3, 0.4) is 0 Å². The van der Waals surface area contributed by atoms with Crippen LogP contribution in [-0.2, 0) is 24.6 Å². The molecule has 0 amide bonds. The van der Waals surface area contributed by atoms with Gasteiger partial charge in [0.15, 0.2) is 0 Å². The van der Waals surface area contributed by atoms with Crippen molar-refractivity contribution < 1.29 is 24.1 Å². The number of nitriles is 1. The van der Waals surface area contributed by atoms with E-state index in [2.05, 4.69) is 47.3 Å². The zero-order valence-electron chi connectivity index (χ0n) is 29.7. The minimum Gasteiger partial charge on any atom is -0.493 e. The van der Waals surface area contributed by atoms with Gasteiger partial charge < -0.3 is 29.5 Å². The van der Waals surface area contributed by atoms with Crippen LogP contribution < -0.4 is 19.5 Å². The molecule has 4 aromatic rings. The van der Waals surface area contributed by atoms with Crippen molar-refractivity contribution in [2.45, 2.75) is 78.7 Å². The molecule has 1 aliphatic rings. The number of carboxylic acid groups (broad SMARTS) is 1. The second-order valence-electron chi connectivity index (χ2n) is 13.0. The van der Waals surface area contributed by atoms with Gasteiger partial charge in [0, 0.05) is 42.7 Å². The van der Waals surface area contributed by atoms with E-state index in [0.29, 0.717) is 40.7 Å². The van der Waals surface area contributed by atoms with Gasteiger partial charge in [0.1, 0.15) is 42.6 Å². The Hall–Kier alpha value is -4.62. The zero-order chi connectivity index (χ0) is 36.2. The summed E-state index contributed by atoms with van der Waals surface area (Å²) in [6, 6.07) is 19.0. The summed E-state index contributed by atoms with van der Waals surface area (Å²) in [5, 5.41) is 22.5. The molecule has 268 valence electrons. The van der Waals surface area contributed by atoms with Crippen LogP contribution in [0.25, 0.3) is 11.1 Å². The van der Waals surface area contributed by atoms with Gasteiger partial charge in [0.25, 0.3) is 0 Å². The molecule has 1 atom stereocenters. The minimum atomic E-state index is -0.912. The fraction of sp³-hybridized carbons (Fsp3) is 0.390. The Morgan fingerprint density at radius 2 is 1.71 bits per heavy atom. The number of benzene rings is 3. The second-order valence-corrected chi connectivity index (χ2v) is 13.4. The Kier molecular flexibility index (Phi) is 13.7. The molecule has 1 saturated heterocycles. The maximum absolute atomic E-state index is 11.8. The number of likely N-dealkylation sites (tertiary alicyclic amines) is 1. The van der Waals surface area contributed by atoms with Gasteiger partial charge in [-0.2, -0.15) is 5.26 Å². The quantitative estimate of drug-likeness (QED) is 0.0985. The molecule has 0 spiro atoms. The first-order valence-electron chi connectivity index (χ1n) is 17.7. The topological polar surface area (TPSA) is 117 Å². The summed E-state index contributed by atoms with van der Waals surface area (Å²) in [6.45, 7) is 11.0. The van der Waals surface area contributed by atoms with E-state index in [0.717, 1.165) is 58.5 Å². The van der Waals surface area contributed by atoms with E-state index >= 15 is 0 Å². The summed E-state index contributed by atoms with van der Waals surface area (Å²) in [4.78, 5) is 18.4. The van der Waals surface area contributed by atoms with Gasteiger partial charge in [-0.1, -0.05) is 55.3 Å². The third-order valence-electron chi connectivity index (χ3n) is 9.33. The van der Waals surface area contributed by atoms with Gasteiger partial charge in [-0.3, -0.25) is 9.78 Å². The number of aromatic nitrogens is 1. The molecule has 1 aromatic heterocycles. The SMILES string of the molecule is CCC[C@H](NCc1cc(Cl)c(OCc2cccc(-c3cccc(OCCCN4CCCC4)c3C)c2C)cc1OCc1cncc(C#N)c1)C(=O)O. The molecule has 5 rings (SSSR count). The number of aliphatic carboxylic acids is 1. The lowest BCUT2D eigenvalue weighted by atomic mass is 9.93. The lowest BCUT2D eigenvalue weighted by molar-refractivity contribution is -0.139. The number of hydrogen-bond acceptors (Lipinski definition) is 8. The molecule has 10 heteroatoms. The molecule has 1 fully saturated rings. The average molecular weight is 711 g/mol. The first-order valence-corrected chi connectivity index (χ1v) is 18.1. The maximum atomic E-state index is 11.8. The second kappa shape index (κ2) is 18.6. The molecule has 2 N–H and O–H groups in total. The van der Waals surface area contributed by atoms with Crippen molar-refractivity contribution in [3.8, 4) is 34.4 Å². The summed E-state index contributed by atoms with van der Waals surface area (Å²) >= 11 is 6.77. The van der Waals surface area contributed by atoms with E-state index in [1.165, 1.54) is 32.1 Å². The summed E-state index contributed by atoms with van der Waals surface area (Å²) in [6.07, 6.45) is 7.95. The lowest BCUT2D eigenvalue weighted by Crippen LogP contribution is -2.36. The molecule has 2 heterocycles. The molecule has 0 bridgehead atoms. The molecular weight excluding hydrogens is 664 g/mol. The van der Waals surface area contributed by atoms with Crippen molar-refractivity contribution in [3.05, 3.63) is 105 Å². The van der Waals surface area contributed by atoms with Gasteiger partial charge >= 0.3 is 5.97 Å². The van der Waals surface area contributed by atoms with Gasteiger partial charge in [-0.25, -0.2) is 0 Å². The summed E-state index contributed by atoms with van der Waals surface area (Å²) < 4.78 is 18.8. The molecule has 0 unspecified atom stereocenters. The van der Waals surface area contributed by atoms with E-state index in [-0.39, 0.29) is 19.8 Å². The lowest BCUT2D eigenvalue weighted by Gasteiger charge is -2.19. The maximum Gasteiger partial charge on any atom is 0.320 e. The number of hydrogen-bond donors (Lipinski definition) is 2. The smallest absolute Gasteiger partial charge is 0.320 e. The Labute approximate surface area is 306 Å². The van der Waals surface area contributed by atoms with Crippen LogP contribution in [0.4, 0.5) is 0 Å². The standard InChI is InChI=1S/C41H47ClN4O5/c1-4-10-37(41(47)48)45-25-33-20-36(42)40(21-39(33)50-26-31-19-30(22-43)23-44-24-31)51-27-32-11-7-12-34(28(32)2)35-13-8-14-38(29(35)3)49-18-9-17-46-15-5-6-16-46/h7-8,11-14,19-21,23-24,37,45H,4-6,9-10,15-18,25-27H2,1-3H3,(H,47,48)/t37-/m0/s1. The number of halogens is 1. The predicted molar refractivity (Wildman–Crippen MR) is 199 cm³/mol. The first kappa shape index (κ1) is 37.6. The molecule has 0 radical (unpaired) electrons. The number of nitrogens with one attached hydrogen (secondary N) is 1. The van der Waals surface area contributed by atoms with E-state index < -0.39 is 12.0 Å². The number of nitrogens with zero attached hydrogens (tertiary/aromatic N) is 3. The highest BCUT2D eigenvalue weighted by Gasteiger charge is 2.19. The molecule has 9 nitrogen and oxygen atoms in total. The van der Waals surface area contributed by atoms with Crippen molar-refractivity contribution in [2.75, 3.05) is 26.2 Å². The van der Waals surface area contributed by atoms with Crippen LogP contribution in [0.5, 0.6) is 17.2 Å². The summed E-state index contributed by atoms with van der Waals surface area (Å²) in [5.74, 6) is 0.921. The van der Waals surface area contributed by atoms with Crippen molar-refractivity contribution in [2.24, 2.45) is 0 Å². The van der Waals surface area contributed by atoms with Crippen molar-refractivity contribution in [3.63, 3.8) is 0 Å². The molecule has 1 aliphatic heterocycles. The Morgan fingerprint density at radius 1 is 0.961 bits per heavy atom. The number of rotatable bonds is 18. The van der Waals surface area contributed by atoms with Gasteiger partial charge in [0.2, 0.25) is 0 Å². The predicted octanol–water partition coefficient (Wildman–Crippen LogP) is 8.26. The van der Waals surface area contributed by atoms with Crippen LogP contribution in [-0.4, -0.2) is 53.2 Å². The van der Waals surface area contributed by atoms with E-state index in [4.69, 9.17) is 25.8 Å². The highest BCUT2D eigenvalue weighted by atomic mass is 35.5. The monoisotopic (exact) mass is 710 g/mol. The normalized spacial score (nSPS) is 13.5. The summed E-state index contributed by atoms with van der Waals surface area (Å²) in [5.41, 5.74) is 7.29. The van der Waals surface area contributed by atoms with Gasteiger partial charge in [-0.15, -0.1) is 0 Å². The number of carboxylic acids is 1. The Bertz CT molecular complexity index is 1840. The molecule has 0 saturated carbocycles. The van der Waals surface area contributed by atoms with Crippen LogP contribution in [0.1, 0.15) is 72.4 Å². The zero-order valence-corrected chi connectivity index (χ0v) is 30.5. The largest absolute Gasteiger partial charge is 0.493 e. The molecule has 3 aromatic carbocycles. The Balaban J connectivity index is 1.32. The Morgan fingerprint density at radius 3 is 2.45 bits per heavy atom. The van der Waals surface area contributed by atoms with Crippen molar-refractivity contribution in [1.82, 2.24) is 15.2 Å². The summed E-state index contributed by atoms with van der Waals surface area (Å²) in [7, 11) is 0. The van der Waals surface area contributed by atoms with Crippen LogP contribution in [0, 0.1) is 25.2 Å². The third kappa shape index (κ3) is 10.2. The van der Waals surface area contributed by atoms with Crippen molar-refractivity contribution in [1.29, 1.82) is 5.26 Å². The van der Waals surface area contributed by atoms with E-state index in [1.807, 2.05) is 31.2 Å². The van der Waals surface area contributed by atoms with Crippen molar-refractivity contribution >= 4 is 17.6 Å². The molecular formula is C41H47ClN4O5. The third-order valence-corrected chi connectivity index (χ3v) is 9.62. The number of ether oxygens (including phenoxy) is 3. The van der Waals surface area contributed by atoms with Gasteiger partial charge in [-0.05, 0) is 98.6 Å². The first-order chi connectivity index (χ1) is 24.8. The highest BCUT2D eigenvalue weighted by molar-refractivity contribution is 6.32. The van der Waals surface area contributed by atoms with Crippen LogP contribution >= 0.6 is 11.6 Å². The fourth-order valence-corrected chi connectivity index (χ4v) is 6.65. The average Bonchev–Trinajstić information content (AvgIpc) is 3.66.